The van der Waals surface area contributed by atoms with Gasteiger partial charge in [-0.05, 0) is 62.7 Å². The van der Waals surface area contributed by atoms with Crippen LogP contribution in [-0.2, 0) is 9.53 Å². The maximum Gasteiger partial charge on any atom is 0.248 e. The Hall–Kier alpha value is -1.73. The topological polar surface area (TPSA) is 57.7 Å². The highest BCUT2D eigenvalue weighted by molar-refractivity contribution is 5.78. The Bertz CT molecular complexity index is 647. The summed E-state index contributed by atoms with van der Waals surface area (Å²) in [6, 6.07) is 2.94. The maximum absolute atomic E-state index is 13.7. The van der Waals surface area contributed by atoms with Crippen LogP contribution in [0.3, 0.4) is 0 Å². The van der Waals surface area contributed by atoms with Crippen molar-refractivity contribution in [1.29, 1.82) is 0 Å². The van der Waals surface area contributed by atoms with E-state index in [1.807, 2.05) is 4.90 Å². The third-order valence-electron chi connectivity index (χ3n) is 5.87. The molecule has 0 bridgehead atoms. The van der Waals surface area contributed by atoms with Crippen LogP contribution in [0.4, 0.5) is 10.2 Å². The number of aromatic nitrogens is 1. The Kier molecular flexibility index (Phi) is 5.88. The van der Waals surface area contributed by atoms with Crippen LogP contribution in [0.1, 0.15) is 25.7 Å². The monoisotopic (exact) mass is 376 g/mol. The molecule has 148 valence electrons. The van der Waals surface area contributed by atoms with Gasteiger partial charge < -0.3 is 19.9 Å². The first-order valence-corrected chi connectivity index (χ1v) is 10.1. The maximum atomic E-state index is 13.7. The van der Waals surface area contributed by atoms with Gasteiger partial charge in [0.15, 0.2) is 11.6 Å². The van der Waals surface area contributed by atoms with Crippen LogP contribution in [0.25, 0.3) is 0 Å². The summed E-state index contributed by atoms with van der Waals surface area (Å²) in [4.78, 5) is 20.8. The first kappa shape index (κ1) is 18.6. The molecule has 3 fully saturated rings. The molecule has 2 aliphatic heterocycles. The minimum atomic E-state index is -0.376. The van der Waals surface area contributed by atoms with Crippen LogP contribution in [0, 0.1) is 17.7 Å². The molecule has 6 nitrogen and oxygen atoms in total. The third-order valence-corrected chi connectivity index (χ3v) is 5.87. The van der Waals surface area contributed by atoms with Crippen LogP contribution in [0.5, 0.6) is 0 Å². The van der Waals surface area contributed by atoms with Crippen LogP contribution >= 0.6 is 0 Å². The zero-order valence-corrected chi connectivity index (χ0v) is 15.8. The molecule has 3 heterocycles. The fourth-order valence-electron chi connectivity index (χ4n) is 4.04. The van der Waals surface area contributed by atoms with Gasteiger partial charge in [-0.15, -0.1) is 0 Å². The van der Waals surface area contributed by atoms with Gasteiger partial charge in [0.2, 0.25) is 5.91 Å². The van der Waals surface area contributed by atoms with Crippen molar-refractivity contribution < 1.29 is 13.9 Å². The molecule has 2 saturated heterocycles. The number of hydrogen-bond acceptors (Lipinski definition) is 5. The molecule has 0 aromatic carbocycles. The fourth-order valence-corrected chi connectivity index (χ4v) is 4.04. The summed E-state index contributed by atoms with van der Waals surface area (Å²) in [7, 11) is 0. The summed E-state index contributed by atoms with van der Waals surface area (Å²) < 4.78 is 19.3. The van der Waals surface area contributed by atoms with Gasteiger partial charge >= 0.3 is 0 Å². The van der Waals surface area contributed by atoms with E-state index in [0.717, 1.165) is 25.6 Å². The molecule has 1 atom stereocenters. The number of piperidine rings is 1. The number of nitrogens with zero attached hydrogens (tertiary/aromatic N) is 3. The highest BCUT2D eigenvalue weighted by Gasteiger charge is 2.31. The lowest BCUT2D eigenvalue weighted by molar-refractivity contribution is -0.149. The van der Waals surface area contributed by atoms with E-state index in [9.17, 15) is 9.18 Å². The minimum Gasteiger partial charge on any atom is -0.365 e. The second kappa shape index (κ2) is 8.52. The van der Waals surface area contributed by atoms with E-state index in [4.69, 9.17) is 4.74 Å². The number of anilines is 1. The average Bonchev–Trinajstić information content (AvgIpc) is 3.49. The van der Waals surface area contributed by atoms with Crippen molar-refractivity contribution in [2.45, 2.75) is 31.8 Å². The highest BCUT2D eigenvalue weighted by atomic mass is 19.1. The van der Waals surface area contributed by atoms with Crippen molar-refractivity contribution in [2.75, 3.05) is 51.2 Å². The zero-order chi connectivity index (χ0) is 18.6. The average molecular weight is 376 g/mol. The summed E-state index contributed by atoms with van der Waals surface area (Å²) in [5.41, 5.74) is 0. The smallest absolute Gasteiger partial charge is 0.248 e. The molecule has 1 aromatic heterocycles. The summed E-state index contributed by atoms with van der Waals surface area (Å²) in [6.07, 6.45) is 6.55. The molecular weight excluding hydrogens is 347 g/mol. The number of likely N-dealkylation sites (tertiary alicyclic amines) is 1. The lowest BCUT2D eigenvalue weighted by Crippen LogP contribution is -2.51. The standard InChI is InChI=1S/C20H29FN4O2/c21-18-2-1-7-22-20(18)23-10-17-13-25(19(26)14-27-17)12-16-5-8-24(9-6-16)11-15-3-4-15/h1-2,7,15-17H,3-6,8-14H2,(H,22,23)/t17-/m1/s1. The van der Waals surface area contributed by atoms with Crippen molar-refractivity contribution in [1.82, 2.24) is 14.8 Å². The normalized spacial score (nSPS) is 25.0. The predicted molar refractivity (Wildman–Crippen MR) is 101 cm³/mol. The molecule has 1 aliphatic carbocycles. The van der Waals surface area contributed by atoms with E-state index in [-0.39, 0.29) is 30.3 Å². The Morgan fingerprint density at radius 2 is 1.96 bits per heavy atom. The third kappa shape index (κ3) is 5.17. The number of nitrogens with one attached hydrogen (secondary N) is 1. The Balaban J connectivity index is 1.23. The number of halogens is 1. The SMILES string of the molecule is O=C1CO[C@H](CNc2ncccc2F)CN1CC1CCN(CC2CC2)CC1. The zero-order valence-electron chi connectivity index (χ0n) is 15.8. The van der Waals surface area contributed by atoms with E-state index in [0.29, 0.717) is 19.0 Å². The molecule has 0 spiro atoms. The molecule has 0 unspecified atom stereocenters. The van der Waals surface area contributed by atoms with Gasteiger partial charge in [0.25, 0.3) is 0 Å². The number of pyridine rings is 1. The number of ether oxygens (including phenoxy) is 1. The van der Waals surface area contributed by atoms with E-state index >= 15 is 0 Å². The van der Waals surface area contributed by atoms with Gasteiger partial charge in [0.1, 0.15) is 6.61 Å². The van der Waals surface area contributed by atoms with Crippen molar-refractivity contribution in [3.8, 4) is 0 Å². The van der Waals surface area contributed by atoms with Gasteiger partial charge in [-0.1, -0.05) is 0 Å². The van der Waals surface area contributed by atoms with Crippen LogP contribution in [-0.4, -0.2) is 72.7 Å². The molecule has 7 heteroatoms. The molecule has 27 heavy (non-hydrogen) atoms. The van der Waals surface area contributed by atoms with Crippen LogP contribution < -0.4 is 5.32 Å². The van der Waals surface area contributed by atoms with Crippen LogP contribution in [0.15, 0.2) is 18.3 Å². The Labute approximate surface area is 160 Å². The quantitative estimate of drug-likeness (QED) is 0.789. The van der Waals surface area contributed by atoms with E-state index < -0.39 is 0 Å². The summed E-state index contributed by atoms with van der Waals surface area (Å²) in [5.74, 6) is 1.44. The van der Waals surface area contributed by atoms with Gasteiger partial charge in [0, 0.05) is 32.4 Å². The number of carbonyl (C=O) groups excluding carboxylic acids is 1. The van der Waals surface area contributed by atoms with Gasteiger partial charge in [-0.2, -0.15) is 0 Å². The van der Waals surface area contributed by atoms with Crippen molar-refractivity contribution in [3.05, 3.63) is 24.1 Å². The minimum absolute atomic E-state index is 0.0654. The first-order valence-electron chi connectivity index (χ1n) is 10.1. The molecule has 1 amide bonds. The number of morpholine rings is 1. The van der Waals surface area contributed by atoms with E-state index in [1.165, 1.54) is 38.3 Å². The Morgan fingerprint density at radius 1 is 1.19 bits per heavy atom. The molecule has 0 radical (unpaired) electrons. The molecular formula is C20H29FN4O2. The molecule has 1 N–H and O–H groups in total. The highest BCUT2D eigenvalue weighted by Crippen LogP contribution is 2.31. The lowest BCUT2D eigenvalue weighted by atomic mass is 9.95. The molecule has 4 rings (SSSR count). The van der Waals surface area contributed by atoms with Gasteiger partial charge in [0.05, 0.1) is 6.10 Å². The lowest BCUT2D eigenvalue weighted by Gasteiger charge is -2.38. The summed E-state index contributed by atoms with van der Waals surface area (Å²) >= 11 is 0. The summed E-state index contributed by atoms with van der Waals surface area (Å²) in [5, 5.41) is 3.00. The van der Waals surface area contributed by atoms with E-state index in [2.05, 4.69) is 15.2 Å². The number of carbonyl (C=O) groups is 1. The molecule has 1 aromatic rings. The largest absolute Gasteiger partial charge is 0.365 e. The first-order chi connectivity index (χ1) is 13.2. The summed E-state index contributed by atoms with van der Waals surface area (Å²) in [6.45, 7) is 5.50. The second-order valence-electron chi connectivity index (χ2n) is 8.13. The van der Waals surface area contributed by atoms with Gasteiger partial charge in [-0.3, -0.25) is 4.79 Å². The van der Waals surface area contributed by atoms with Crippen LogP contribution in [0.2, 0.25) is 0 Å². The fraction of sp³-hybridized carbons (Fsp3) is 0.700. The molecule has 1 saturated carbocycles. The number of rotatable bonds is 7. The number of hydrogen-bond donors (Lipinski definition) is 1. The van der Waals surface area contributed by atoms with Crippen molar-refractivity contribution in [2.24, 2.45) is 11.8 Å². The van der Waals surface area contributed by atoms with Crippen molar-refractivity contribution in [3.63, 3.8) is 0 Å². The van der Waals surface area contributed by atoms with Gasteiger partial charge in [-0.25, -0.2) is 9.37 Å². The molecule has 3 aliphatic rings. The van der Waals surface area contributed by atoms with E-state index in [1.54, 1.807) is 12.3 Å². The second-order valence-corrected chi connectivity index (χ2v) is 8.13. The van der Waals surface area contributed by atoms with Crippen molar-refractivity contribution >= 4 is 11.7 Å². The Morgan fingerprint density at radius 3 is 2.70 bits per heavy atom. The number of amides is 1. The predicted octanol–water partition coefficient (Wildman–Crippen LogP) is 1.98.